The average Bonchev–Trinajstić information content (AvgIpc) is 3.32. The Bertz CT molecular complexity index is 891. The number of aryl methyl sites for hydroxylation is 1. The number of hydroxylamine groups is 2. The fraction of sp³-hybridized carbons (Fsp3) is 0.550. The summed E-state index contributed by atoms with van der Waals surface area (Å²) in [4.78, 5) is 1.67. The number of halogens is 3. The van der Waals surface area contributed by atoms with Gasteiger partial charge in [-0.2, -0.15) is 13.2 Å². The van der Waals surface area contributed by atoms with Crippen LogP contribution in [0.15, 0.2) is 24.3 Å². The van der Waals surface area contributed by atoms with Gasteiger partial charge in [0.2, 0.25) is 5.01 Å². The molecule has 2 unspecified atom stereocenters. The van der Waals surface area contributed by atoms with E-state index < -0.39 is 22.1 Å². The van der Waals surface area contributed by atoms with Gasteiger partial charge in [-0.05, 0) is 49.0 Å². The van der Waals surface area contributed by atoms with Crippen molar-refractivity contribution in [1.29, 1.82) is 0 Å². The van der Waals surface area contributed by atoms with Gasteiger partial charge < -0.3 is 9.94 Å². The molecule has 31 heavy (non-hydrogen) atoms. The monoisotopic (exact) mass is 474 g/mol. The van der Waals surface area contributed by atoms with E-state index in [0.29, 0.717) is 5.56 Å². The maximum absolute atomic E-state index is 13.4. The number of aromatic nitrogens is 2. The SMILES string of the molecule is CCCCCCc1ccc(C(=S)OC2CN(C)C[N+]2([O-])c2nnc(C(F)(F)F)s2)cc1. The number of likely N-dealkylation sites (N-methyl/N-ethyl adjacent to an activating group) is 1. The van der Waals surface area contributed by atoms with E-state index in [1.165, 1.54) is 24.8 Å². The third-order valence-electron chi connectivity index (χ3n) is 5.12. The zero-order chi connectivity index (χ0) is 22.6. The van der Waals surface area contributed by atoms with Crippen LogP contribution >= 0.6 is 23.6 Å². The van der Waals surface area contributed by atoms with Crippen molar-refractivity contribution in [2.45, 2.75) is 51.4 Å². The van der Waals surface area contributed by atoms with Gasteiger partial charge in [0.15, 0.2) is 5.05 Å². The number of rotatable bonds is 8. The third kappa shape index (κ3) is 5.78. The lowest BCUT2D eigenvalue weighted by molar-refractivity contribution is -0.138. The van der Waals surface area contributed by atoms with Gasteiger partial charge in [-0.1, -0.05) is 55.6 Å². The van der Waals surface area contributed by atoms with Gasteiger partial charge in [-0.3, -0.25) is 4.65 Å². The Morgan fingerprint density at radius 3 is 2.58 bits per heavy atom. The molecule has 6 nitrogen and oxygen atoms in total. The number of ether oxygens (including phenoxy) is 1. The summed E-state index contributed by atoms with van der Waals surface area (Å²) in [6, 6.07) is 7.67. The van der Waals surface area contributed by atoms with Gasteiger partial charge in [-0.25, -0.2) is 4.90 Å². The fourth-order valence-corrected chi connectivity index (χ4v) is 4.48. The van der Waals surface area contributed by atoms with Crippen LogP contribution in [0.4, 0.5) is 18.3 Å². The number of alkyl halides is 3. The first-order chi connectivity index (χ1) is 14.6. The standard InChI is InChI=1S/C20H25F3N4O2S2/c1-3-4-5-6-7-14-8-10-15(11-9-14)17(30)29-16-12-26(2)13-27(16,28)19-25-24-18(31-19)20(21,22)23/h8-11,16H,3-7,12-13H2,1-2H3. The van der Waals surface area contributed by atoms with Crippen molar-refractivity contribution in [3.05, 3.63) is 45.6 Å². The van der Waals surface area contributed by atoms with Crippen LogP contribution in [0, 0.1) is 5.21 Å². The highest BCUT2D eigenvalue weighted by molar-refractivity contribution is 7.80. The highest BCUT2D eigenvalue weighted by Crippen LogP contribution is 2.39. The number of thiocarbonyl (C=S) groups is 1. The summed E-state index contributed by atoms with van der Waals surface area (Å²) in [7, 11) is 1.69. The Morgan fingerprint density at radius 2 is 1.97 bits per heavy atom. The Hall–Kier alpha value is -1.66. The minimum Gasteiger partial charge on any atom is -0.622 e. The molecule has 170 valence electrons. The van der Waals surface area contributed by atoms with E-state index in [1.807, 2.05) is 24.3 Å². The molecule has 0 bridgehead atoms. The Morgan fingerprint density at radius 1 is 1.26 bits per heavy atom. The van der Waals surface area contributed by atoms with Gasteiger partial charge in [-0.15, -0.1) is 5.10 Å². The van der Waals surface area contributed by atoms with Gasteiger partial charge in [0.25, 0.3) is 6.23 Å². The minimum absolute atomic E-state index is 0.101. The van der Waals surface area contributed by atoms with E-state index in [0.717, 1.165) is 12.8 Å². The van der Waals surface area contributed by atoms with E-state index in [4.69, 9.17) is 17.0 Å². The molecular weight excluding hydrogens is 449 g/mol. The molecule has 2 atom stereocenters. The predicted octanol–water partition coefficient (Wildman–Crippen LogP) is 5.11. The summed E-state index contributed by atoms with van der Waals surface area (Å²) in [5.74, 6) is 0. The first-order valence-corrected chi connectivity index (χ1v) is 11.3. The fourth-order valence-electron chi connectivity index (χ4n) is 3.45. The largest absolute Gasteiger partial charge is 0.622 e. The molecule has 11 heteroatoms. The zero-order valence-corrected chi connectivity index (χ0v) is 19.0. The number of hydrogen-bond donors (Lipinski definition) is 0. The summed E-state index contributed by atoms with van der Waals surface area (Å²) in [6.45, 7) is 2.28. The van der Waals surface area contributed by atoms with E-state index in [9.17, 15) is 18.4 Å². The van der Waals surface area contributed by atoms with Crippen molar-refractivity contribution >= 4 is 33.7 Å². The van der Waals surface area contributed by atoms with Crippen LogP contribution in [0.25, 0.3) is 0 Å². The molecule has 2 aromatic rings. The lowest BCUT2D eigenvalue weighted by atomic mass is 10.0. The van der Waals surface area contributed by atoms with E-state index >= 15 is 0 Å². The second-order valence-corrected chi connectivity index (χ2v) is 9.06. The van der Waals surface area contributed by atoms with Crippen LogP contribution in [0.5, 0.6) is 0 Å². The minimum atomic E-state index is -4.65. The van der Waals surface area contributed by atoms with Crippen LogP contribution in [0.1, 0.15) is 48.7 Å². The van der Waals surface area contributed by atoms with Crippen molar-refractivity contribution in [3.63, 3.8) is 0 Å². The molecule has 3 rings (SSSR count). The van der Waals surface area contributed by atoms with Crippen molar-refractivity contribution in [3.8, 4) is 0 Å². The molecule has 0 amide bonds. The maximum Gasteiger partial charge on any atom is 0.445 e. The quantitative estimate of drug-likeness (QED) is 0.229. The second-order valence-electron chi connectivity index (χ2n) is 7.73. The van der Waals surface area contributed by atoms with Gasteiger partial charge >= 0.3 is 11.3 Å². The molecule has 0 N–H and O–H groups in total. The van der Waals surface area contributed by atoms with Crippen LogP contribution < -0.4 is 4.65 Å². The number of nitrogens with zero attached hydrogens (tertiary/aromatic N) is 4. The van der Waals surface area contributed by atoms with Gasteiger partial charge in [0.1, 0.15) is 6.67 Å². The normalized spacial score (nSPS) is 22.1. The molecule has 0 radical (unpaired) electrons. The van der Waals surface area contributed by atoms with E-state index in [-0.39, 0.29) is 34.7 Å². The van der Waals surface area contributed by atoms with Gasteiger partial charge in [0, 0.05) is 5.56 Å². The molecule has 0 saturated carbocycles. The topological polar surface area (TPSA) is 61.3 Å². The first-order valence-electron chi connectivity index (χ1n) is 10.1. The number of benzene rings is 1. The molecule has 1 saturated heterocycles. The Balaban J connectivity index is 1.68. The molecule has 1 fully saturated rings. The molecule has 1 aliphatic heterocycles. The summed E-state index contributed by atoms with van der Waals surface area (Å²) >= 11 is 5.62. The number of unbranched alkanes of at least 4 members (excludes halogenated alkanes) is 3. The van der Waals surface area contributed by atoms with E-state index in [1.54, 1.807) is 11.9 Å². The highest BCUT2D eigenvalue weighted by atomic mass is 32.1. The molecular formula is C20H25F3N4O2S2. The van der Waals surface area contributed by atoms with Crippen molar-refractivity contribution < 1.29 is 17.9 Å². The molecule has 0 spiro atoms. The van der Waals surface area contributed by atoms with Crippen LogP contribution in [-0.4, -0.2) is 46.6 Å². The van der Waals surface area contributed by atoms with Crippen LogP contribution in [0.3, 0.4) is 0 Å². The van der Waals surface area contributed by atoms with Crippen LogP contribution in [-0.2, 0) is 17.3 Å². The Labute approximate surface area is 188 Å². The molecule has 1 aromatic heterocycles. The van der Waals surface area contributed by atoms with Crippen molar-refractivity contribution in [1.82, 2.24) is 19.7 Å². The highest BCUT2D eigenvalue weighted by Gasteiger charge is 2.47. The predicted molar refractivity (Wildman–Crippen MR) is 118 cm³/mol. The molecule has 1 aromatic carbocycles. The van der Waals surface area contributed by atoms with Gasteiger partial charge in [0.05, 0.1) is 6.54 Å². The summed E-state index contributed by atoms with van der Waals surface area (Å²) in [6.07, 6.45) is 0.0429. The maximum atomic E-state index is 13.4. The average molecular weight is 475 g/mol. The van der Waals surface area contributed by atoms with Crippen molar-refractivity contribution in [2.24, 2.45) is 0 Å². The zero-order valence-electron chi connectivity index (χ0n) is 17.4. The van der Waals surface area contributed by atoms with Crippen molar-refractivity contribution in [2.75, 3.05) is 20.3 Å². The Kier molecular flexibility index (Phi) is 7.63. The molecule has 1 aliphatic rings. The second kappa shape index (κ2) is 9.86. The lowest BCUT2D eigenvalue weighted by Gasteiger charge is -2.38. The third-order valence-corrected chi connectivity index (χ3v) is 6.53. The summed E-state index contributed by atoms with van der Waals surface area (Å²) in [5, 5.41) is 18.8. The lowest BCUT2D eigenvalue weighted by Crippen LogP contribution is -2.50. The molecule has 0 aliphatic carbocycles. The summed E-state index contributed by atoms with van der Waals surface area (Å²) in [5.41, 5.74) is 1.85. The number of hydrogen-bond acceptors (Lipinski definition) is 7. The number of quaternary nitrogens is 1. The first kappa shape index (κ1) is 24.0. The molecule has 2 heterocycles. The smallest absolute Gasteiger partial charge is 0.445 e. The van der Waals surface area contributed by atoms with Crippen LogP contribution in [0.2, 0.25) is 0 Å². The summed E-state index contributed by atoms with van der Waals surface area (Å²) < 4.78 is 43.3. The van der Waals surface area contributed by atoms with E-state index in [2.05, 4.69) is 17.1 Å².